The van der Waals surface area contributed by atoms with Crippen molar-refractivity contribution in [2.24, 2.45) is 0 Å². The van der Waals surface area contributed by atoms with E-state index in [1.54, 1.807) is 42.0 Å². The molecule has 2 aromatic heterocycles. The lowest BCUT2D eigenvalue weighted by Crippen LogP contribution is -2.40. The summed E-state index contributed by atoms with van der Waals surface area (Å²) in [6.45, 7) is 0. The summed E-state index contributed by atoms with van der Waals surface area (Å²) in [4.78, 5) is 39.8. The Bertz CT molecular complexity index is 1160. The quantitative estimate of drug-likeness (QED) is 0.0807. The second-order valence-corrected chi connectivity index (χ2v) is 8.59. The molecule has 0 fully saturated rings. The van der Waals surface area contributed by atoms with Crippen LogP contribution >= 0.6 is 11.3 Å². The monoisotopic (exact) mass is 524 g/mol. The normalized spacial score (nSPS) is 12.0. The Labute approximate surface area is 196 Å². The van der Waals surface area contributed by atoms with E-state index >= 15 is 0 Å². The number of methoxy groups -OCH3 is 2. The number of thiophene rings is 1. The number of hydrogen-bond donors (Lipinski definition) is 0. The molecule has 186 valence electrons. The van der Waals surface area contributed by atoms with E-state index in [4.69, 9.17) is 22.4 Å². The minimum Gasteiger partial charge on any atom is -0.741 e. The highest BCUT2D eigenvalue weighted by molar-refractivity contribution is 7.86. The molecule has 10 nitrogen and oxygen atoms in total. The number of carbonyl (C=O) groups excluding carboxylic acids is 3. The van der Waals surface area contributed by atoms with Crippen LogP contribution in [0.4, 0.5) is 18.9 Å². The van der Waals surface area contributed by atoms with Gasteiger partial charge in [0.15, 0.2) is 28.1 Å². The lowest BCUT2D eigenvalue weighted by molar-refractivity contribution is -0.578. The second-order valence-electron chi connectivity index (χ2n) is 6.27. The predicted molar refractivity (Wildman–Crippen MR) is 113 cm³/mol. The molecule has 0 aliphatic rings. The number of halogens is 3. The number of rotatable bonds is 6. The van der Waals surface area contributed by atoms with Gasteiger partial charge in [-0.1, -0.05) is 6.07 Å². The topological polar surface area (TPSA) is 134 Å². The number of ether oxygens (including phenoxy) is 2. The van der Waals surface area contributed by atoms with Crippen molar-refractivity contribution in [3.63, 3.8) is 0 Å². The van der Waals surface area contributed by atoms with Gasteiger partial charge >= 0.3 is 23.1 Å². The van der Waals surface area contributed by atoms with Crippen molar-refractivity contribution in [3.05, 3.63) is 52.5 Å². The first kappa shape index (κ1) is 28.7. The third-order valence-electron chi connectivity index (χ3n) is 3.85. The lowest BCUT2D eigenvalue weighted by Gasteiger charge is -2.11. The van der Waals surface area contributed by atoms with E-state index in [1.807, 2.05) is 19.0 Å². The van der Waals surface area contributed by atoms with Gasteiger partial charge in [-0.2, -0.15) is 17.7 Å². The smallest absolute Gasteiger partial charge is 0.485 e. The SMILES string of the molecule is COC(=O)/C(C(=O)c1cccs1)=C(/C(=O)OC)[n+]1ccc(N(C)C)cc1.O=S(=O)([O-])C(F)(F)F. The fraction of sp³-hybridized carbons (Fsp3) is 0.263. The fourth-order valence-corrected chi connectivity index (χ4v) is 2.90. The van der Waals surface area contributed by atoms with Crippen LogP contribution < -0.4 is 9.47 Å². The molecular weight excluding hydrogens is 505 g/mol. The van der Waals surface area contributed by atoms with Crippen LogP contribution in [0.25, 0.3) is 5.70 Å². The highest BCUT2D eigenvalue weighted by Crippen LogP contribution is 2.21. The summed E-state index contributed by atoms with van der Waals surface area (Å²) in [5.41, 5.74) is -5.35. The zero-order chi connectivity index (χ0) is 26.3. The van der Waals surface area contributed by atoms with Gasteiger partial charge < -0.3 is 18.9 Å². The van der Waals surface area contributed by atoms with Crippen molar-refractivity contribution in [2.75, 3.05) is 33.2 Å². The molecule has 0 aromatic carbocycles. The van der Waals surface area contributed by atoms with Crippen molar-refractivity contribution < 1.29 is 54.6 Å². The van der Waals surface area contributed by atoms with E-state index in [-0.39, 0.29) is 11.3 Å². The van der Waals surface area contributed by atoms with Gasteiger partial charge in [-0.25, -0.2) is 18.0 Å². The molecule has 2 rings (SSSR count). The highest BCUT2D eigenvalue weighted by atomic mass is 32.2. The number of aromatic nitrogens is 1. The molecule has 0 saturated heterocycles. The molecule has 0 saturated carbocycles. The van der Waals surface area contributed by atoms with Crippen molar-refractivity contribution in [1.29, 1.82) is 0 Å². The van der Waals surface area contributed by atoms with Gasteiger partial charge in [-0.05, 0) is 11.4 Å². The molecule has 2 aromatic rings. The van der Waals surface area contributed by atoms with Crippen LogP contribution in [0, 0.1) is 0 Å². The summed E-state index contributed by atoms with van der Waals surface area (Å²) >= 11 is 1.17. The second kappa shape index (κ2) is 11.7. The molecule has 34 heavy (non-hydrogen) atoms. The third kappa shape index (κ3) is 7.36. The van der Waals surface area contributed by atoms with E-state index in [1.165, 1.54) is 23.0 Å². The van der Waals surface area contributed by atoms with E-state index < -0.39 is 33.3 Å². The average molecular weight is 524 g/mol. The van der Waals surface area contributed by atoms with Crippen LogP contribution in [-0.4, -0.2) is 64.5 Å². The van der Waals surface area contributed by atoms with E-state index in [9.17, 15) is 27.6 Å². The standard InChI is InChI=1S/C18H19N2O5S.CHF3O3S/c1-19(2)12-7-9-20(10-8-12)15(18(23)25-4)14(17(22)24-3)16(21)13-6-5-11-26-13;2-1(3,4)8(5,6)7/h5-11H,1-4H3;(H,5,6,7)/q+1;/p-1/b15-14-;. The number of nitrogens with zero attached hydrogens (tertiary/aromatic N) is 2. The largest absolute Gasteiger partial charge is 0.741 e. The summed E-state index contributed by atoms with van der Waals surface area (Å²) in [7, 11) is -0.0127. The maximum Gasteiger partial charge on any atom is 0.485 e. The number of Topliss-reactive ketones (excluding diaryl/α,β-unsaturated/α-hetero) is 1. The number of anilines is 1. The fourth-order valence-electron chi connectivity index (χ4n) is 2.23. The van der Waals surface area contributed by atoms with E-state index in [0.717, 1.165) is 12.8 Å². The highest BCUT2D eigenvalue weighted by Gasteiger charge is 2.37. The van der Waals surface area contributed by atoms with Gasteiger partial charge in [0.1, 0.15) is 0 Å². The number of esters is 2. The minimum absolute atomic E-state index is 0.206. The molecule has 0 aliphatic carbocycles. The summed E-state index contributed by atoms with van der Waals surface area (Å²) in [5, 5.41) is 1.71. The molecule has 0 radical (unpaired) electrons. The molecule has 15 heteroatoms. The molecular formula is C19H19F3N2O8S2. The molecule has 0 spiro atoms. The Morgan fingerprint density at radius 3 is 1.88 bits per heavy atom. The third-order valence-corrected chi connectivity index (χ3v) is 5.28. The molecule has 0 amide bonds. The Balaban J connectivity index is 0.000000620. The summed E-state index contributed by atoms with van der Waals surface area (Å²) < 4.78 is 69.8. The molecule has 0 unspecified atom stereocenters. The van der Waals surface area contributed by atoms with Crippen LogP contribution in [0.5, 0.6) is 0 Å². The molecule has 0 N–H and O–H groups in total. The van der Waals surface area contributed by atoms with Gasteiger partial charge in [0.2, 0.25) is 5.78 Å². The van der Waals surface area contributed by atoms with E-state index in [2.05, 4.69) is 0 Å². The van der Waals surface area contributed by atoms with Gasteiger partial charge in [-0.15, -0.1) is 11.3 Å². The van der Waals surface area contributed by atoms with Crippen LogP contribution in [0.1, 0.15) is 9.67 Å². The van der Waals surface area contributed by atoms with E-state index in [0.29, 0.717) is 4.88 Å². The zero-order valence-corrected chi connectivity index (χ0v) is 19.8. The van der Waals surface area contributed by atoms with Crippen molar-refractivity contribution >= 4 is 50.6 Å². The van der Waals surface area contributed by atoms with Crippen molar-refractivity contribution in [3.8, 4) is 0 Å². The van der Waals surface area contributed by atoms with Gasteiger partial charge in [0.25, 0.3) is 0 Å². The molecule has 0 bridgehead atoms. The molecule has 0 atom stereocenters. The number of pyridine rings is 1. The lowest BCUT2D eigenvalue weighted by atomic mass is 10.1. The number of hydrogen-bond acceptors (Lipinski definition) is 10. The number of alkyl halides is 3. The van der Waals surface area contributed by atoms with Crippen LogP contribution in [0.3, 0.4) is 0 Å². The first-order valence-electron chi connectivity index (χ1n) is 8.86. The maximum absolute atomic E-state index is 12.8. The average Bonchev–Trinajstić information content (AvgIpc) is 3.30. The number of carbonyl (C=O) groups is 3. The summed E-state index contributed by atoms with van der Waals surface area (Å²) in [6.07, 6.45) is 3.15. The first-order chi connectivity index (χ1) is 15.7. The molecule has 2 heterocycles. The van der Waals surface area contributed by atoms with Crippen molar-refractivity contribution in [1.82, 2.24) is 0 Å². The Morgan fingerprint density at radius 1 is 1.03 bits per heavy atom. The predicted octanol–water partition coefficient (Wildman–Crippen LogP) is 1.59. The van der Waals surface area contributed by atoms with Gasteiger partial charge in [-0.3, -0.25) is 4.79 Å². The summed E-state index contributed by atoms with van der Waals surface area (Å²) in [6, 6.07) is 6.75. The zero-order valence-electron chi connectivity index (χ0n) is 18.2. The van der Waals surface area contributed by atoms with Crippen LogP contribution in [0.2, 0.25) is 0 Å². The van der Waals surface area contributed by atoms with Crippen LogP contribution in [-0.2, 0) is 29.2 Å². The first-order valence-corrected chi connectivity index (χ1v) is 11.1. The Hall–Kier alpha value is -3.30. The van der Waals surface area contributed by atoms with Crippen LogP contribution in [0.15, 0.2) is 47.6 Å². The number of ketones is 1. The Morgan fingerprint density at radius 2 is 1.53 bits per heavy atom. The minimum atomic E-state index is -6.09. The molecule has 0 aliphatic heterocycles. The Kier molecular flexibility index (Phi) is 9.90. The maximum atomic E-state index is 12.8. The van der Waals surface area contributed by atoms with Gasteiger partial charge in [0.05, 0.1) is 19.1 Å². The summed E-state index contributed by atoms with van der Waals surface area (Å²) in [5.74, 6) is -2.33. The van der Waals surface area contributed by atoms with Gasteiger partial charge in [0, 0.05) is 31.9 Å². The van der Waals surface area contributed by atoms with Crippen molar-refractivity contribution in [2.45, 2.75) is 5.51 Å².